The van der Waals surface area contributed by atoms with Crippen molar-refractivity contribution in [3.63, 3.8) is 0 Å². The number of esters is 1. The zero-order chi connectivity index (χ0) is 24.1. The highest BCUT2D eigenvalue weighted by molar-refractivity contribution is 5.95. The van der Waals surface area contributed by atoms with Crippen LogP contribution in [0.2, 0.25) is 0 Å². The van der Waals surface area contributed by atoms with Gasteiger partial charge in [0.05, 0.1) is 5.92 Å². The number of carbonyl (C=O) groups is 2. The molecule has 8 nitrogen and oxygen atoms in total. The Bertz CT molecular complexity index is 863. The first-order chi connectivity index (χ1) is 16.4. The van der Waals surface area contributed by atoms with Gasteiger partial charge in [0.2, 0.25) is 0 Å². The standard InChI is InChI=1S/C26H39N5O3.2ClH/c1-29(21-11-9-20(10-12-21)25(32)34-23-5-3-2-4-6-23)26(33)31-17-15-30(16-18-31)22-13-7-19(8-14-22)24(27)28;;/h7-8,13-14,20-21,23H,2-6,9-12,15-18H2,1H3,(H3,27,28);2*1H. The van der Waals surface area contributed by atoms with E-state index in [4.69, 9.17) is 15.9 Å². The van der Waals surface area contributed by atoms with Gasteiger partial charge in [-0.05, 0) is 75.6 Å². The van der Waals surface area contributed by atoms with Gasteiger partial charge in [-0.2, -0.15) is 0 Å². The molecule has 1 saturated heterocycles. The molecule has 2 amide bonds. The van der Waals surface area contributed by atoms with Gasteiger partial charge in [-0.15, -0.1) is 24.8 Å². The van der Waals surface area contributed by atoms with Crippen molar-refractivity contribution in [3.8, 4) is 0 Å². The largest absolute Gasteiger partial charge is 0.462 e. The number of urea groups is 1. The zero-order valence-corrected chi connectivity index (χ0v) is 22.8. The van der Waals surface area contributed by atoms with Crippen molar-refractivity contribution in [3.05, 3.63) is 29.8 Å². The van der Waals surface area contributed by atoms with E-state index >= 15 is 0 Å². The molecule has 0 bridgehead atoms. The molecule has 3 fully saturated rings. The number of carbonyl (C=O) groups excluding carboxylic acids is 2. The van der Waals surface area contributed by atoms with Crippen LogP contribution >= 0.6 is 24.8 Å². The van der Waals surface area contributed by atoms with Gasteiger partial charge >= 0.3 is 12.0 Å². The molecule has 4 rings (SSSR count). The van der Waals surface area contributed by atoms with Gasteiger partial charge in [0.25, 0.3) is 0 Å². The fourth-order valence-corrected chi connectivity index (χ4v) is 5.53. The minimum Gasteiger partial charge on any atom is -0.462 e. The topological polar surface area (TPSA) is 103 Å². The van der Waals surface area contributed by atoms with E-state index in [9.17, 15) is 9.59 Å². The first-order valence-electron chi connectivity index (χ1n) is 12.8. The Hall–Kier alpha value is -2.19. The number of hydrogen-bond donors (Lipinski definition) is 2. The van der Waals surface area contributed by atoms with Gasteiger partial charge in [0.15, 0.2) is 0 Å². The van der Waals surface area contributed by atoms with Crippen LogP contribution in [0.3, 0.4) is 0 Å². The summed E-state index contributed by atoms with van der Waals surface area (Å²) in [6.45, 7) is 2.92. The molecule has 1 heterocycles. The number of nitrogens with zero attached hydrogens (tertiary/aromatic N) is 3. The molecule has 3 aliphatic rings. The van der Waals surface area contributed by atoms with Crippen LogP contribution in [0.1, 0.15) is 63.4 Å². The number of nitrogens with one attached hydrogen (secondary N) is 1. The summed E-state index contributed by atoms with van der Waals surface area (Å²) in [6, 6.07) is 7.97. The second-order valence-electron chi connectivity index (χ2n) is 10.0. The molecule has 0 spiro atoms. The van der Waals surface area contributed by atoms with Crippen molar-refractivity contribution in [1.82, 2.24) is 9.80 Å². The minimum atomic E-state index is -0.0215. The molecule has 1 aromatic carbocycles. The molecule has 0 radical (unpaired) electrons. The van der Waals surface area contributed by atoms with Crippen LogP contribution < -0.4 is 10.6 Å². The fourth-order valence-electron chi connectivity index (χ4n) is 5.53. The van der Waals surface area contributed by atoms with Crippen LogP contribution in [-0.4, -0.2) is 73.0 Å². The molecule has 1 aliphatic heterocycles. The van der Waals surface area contributed by atoms with Crippen molar-refractivity contribution in [2.75, 3.05) is 38.1 Å². The summed E-state index contributed by atoms with van der Waals surface area (Å²) in [5, 5.41) is 7.53. The zero-order valence-electron chi connectivity index (χ0n) is 21.2. The number of amides is 2. The molecule has 10 heteroatoms. The maximum absolute atomic E-state index is 13.1. The van der Waals surface area contributed by atoms with E-state index < -0.39 is 0 Å². The third kappa shape index (κ3) is 7.42. The highest BCUT2D eigenvalue weighted by Crippen LogP contribution is 2.30. The molecular weight excluding hydrogens is 501 g/mol. The number of amidine groups is 1. The molecule has 2 aliphatic carbocycles. The minimum absolute atomic E-state index is 0. The van der Waals surface area contributed by atoms with Crippen LogP contribution in [0, 0.1) is 11.3 Å². The van der Waals surface area contributed by atoms with E-state index in [-0.39, 0.29) is 60.7 Å². The average Bonchev–Trinajstić information content (AvgIpc) is 2.88. The Morgan fingerprint density at radius 1 is 0.917 bits per heavy atom. The molecule has 0 unspecified atom stereocenters. The second-order valence-corrected chi connectivity index (χ2v) is 10.0. The maximum atomic E-state index is 13.1. The Morgan fingerprint density at radius 3 is 2.06 bits per heavy atom. The third-order valence-electron chi connectivity index (χ3n) is 7.81. The van der Waals surface area contributed by atoms with E-state index in [2.05, 4.69) is 4.90 Å². The van der Waals surface area contributed by atoms with E-state index in [0.717, 1.165) is 75.7 Å². The molecule has 1 aromatic rings. The van der Waals surface area contributed by atoms with Crippen molar-refractivity contribution in [2.24, 2.45) is 11.7 Å². The van der Waals surface area contributed by atoms with Crippen LogP contribution in [-0.2, 0) is 9.53 Å². The second kappa shape index (κ2) is 13.9. The van der Waals surface area contributed by atoms with Gasteiger partial charge in [-0.3, -0.25) is 10.2 Å². The highest BCUT2D eigenvalue weighted by Gasteiger charge is 2.34. The van der Waals surface area contributed by atoms with Crippen LogP contribution in [0.15, 0.2) is 24.3 Å². The highest BCUT2D eigenvalue weighted by atomic mass is 35.5. The lowest BCUT2D eigenvalue weighted by Gasteiger charge is -2.41. The van der Waals surface area contributed by atoms with Crippen LogP contribution in [0.4, 0.5) is 10.5 Å². The quantitative estimate of drug-likeness (QED) is 0.326. The Labute approximate surface area is 227 Å². The molecule has 3 N–H and O–H groups in total. The summed E-state index contributed by atoms with van der Waals surface area (Å²) < 4.78 is 5.78. The summed E-state index contributed by atoms with van der Waals surface area (Å²) in [6.07, 6.45) is 9.04. The van der Waals surface area contributed by atoms with Gasteiger partial charge in [0, 0.05) is 50.5 Å². The van der Waals surface area contributed by atoms with Gasteiger partial charge in [0.1, 0.15) is 11.9 Å². The first-order valence-corrected chi connectivity index (χ1v) is 12.8. The summed E-state index contributed by atoms with van der Waals surface area (Å²) in [4.78, 5) is 31.8. The Morgan fingerprint density at radius 2 is 1.50 bits per heavy atom. The Kier molecular flexibility index (Phi) is 11.6. The summed E-state index contributed by atoms with van der Waals surface area (Å²) in [5.41, 5.74) is 7.35. The average molecular weight is 543 g/mol. The maximum Gasteiger partial charge on any atom is 0.320 e. The molecule has 0 atom stereocenters. The predicted octanol–water partition coefficient (Wildman–Crippen LogP) is 4.42. The van der Waals surface area contributed by atoms with E-state index in [1.165, 1.54) is 6.42 Å². The number of anilines is 1. The number of rotatable bonds is 5. The number of nitrogen functional groups attached to an aromatic ring is 1. The number of piperazine rings is 1. The lowest BCUT2D eigenvalue weighted by Crippen LogP contribution is -2.54. The van der Waals surface area contributed by atoms with E-state index in [1.54, 1.807) is 0 Å². The number of ether oxygens (including phenoxy) is 1. The van der Waals surface area contributed by atoms with Gasteiger partial charge in [-0.25, -0.2) is 4.79 Å². The van der Waals surface area contributed by atoms with E-state index in [1.807, 2.05) is 41.1 Å². The number of benzene rings is 1. The van der Waals surface area contributed by atoms with E-state index in [0.29, 0.717) is 13.1 Å². The van der Waals surface area contributed by atoms with Crippen molar-refractivity contribution in [2.45, 2.75) is 69.9 Å². The van der Waals surface area contributed by atoms with Crippen molar-refractivity contribution < 1.29 is 14.3 Å². The summed E-state index contributed by atoms with van der Waals surface area (Å²) >= 11 is 0. The summed E-state index contributed by atoms with van der Waals surface area (Å²) in [5.74, 6) is 0.0338. The monoisotopic (exact) mass is 541 g/mol. The SMILES string of the molecule is CN(C(=O)N1CCN(c2ccc(C(=N)N)cc2)CC1)C1CCC(C(=O)OC2CCCCC2)CC1.Cl.Cl. The van der Waals surface area contributed by atoms with Gasteiger partial charge in [-0.1, -0.05) is 6.42 Å². The fraction of sp³-hybridized carbons (Fsp3) is 0.654. The molecule has 2 saturated carbocycles. The molecule has 36 heavy (non-hydrogen) atoms. The van der Waals surface area contributed by atoms with Crippen molar-refractivity contribution >= 4 is 48.3 Å². The first kappa shape index (κ1) is 30.0. The van der Waals surface area contributed by atoms with Crippen molar-refractivity contribution in [1.29, 1.82) is 5.41 Å². The third-order valence-corrected chi connectivity index (χ3v) is 7.81. The van der Waals surface area contributed by atoms with Crippen LogP contribution in [0.25, 0.3) is 0 Å². The predicted molar refractivity (Wildman–Crippen MR) is 148 cm³/mol. The van der Waals surface area contributed by atoms with Gasteiger partial charge < -0.3 is 25.2 Å². The summed E-state index contributed by atoms with van der Waals surface area (Å²) in [7, 11) is 1.90. The smallest absolute Gasteiger partial charge is 0.320 e. The number of nitrogens with two attached hydrogens (primary N) is 1. The number of halogens is 2. The normalized spacial score (nSPS) is 22.6. The molecular formula is C26H41Cl2N5O3. The molecule has 0 aromatic heterocycles. The van der Waals surface area contributed by atoms with Crippen LogP contribution in [0.5, 0.6) is 0 Å². The number of hydrogen-bond acceptors (Lipinski definition) is 5. The lowest BCUT2D eigenvalue weighted by molar-refractivity contribution is -0.157. The Balaban J connectivity index is 0.00000228. The lowest BCUT2D eigenvalue weighted by atomic mass is 9.85. The molecule has 202 valence electrons.